The predicted octanol–water partition coefficient (Wildman–Crippen LogP) is 7.06. The number of hydrogen-bond acceptors (Lipinski definition) is 6. The van der Waals surface area contributed by atoms with E-state index in [9.17, 15) is 14.7 Å². The first-order valence-electron chi connectivity index (χ1n) is 12.7. The summed E-state index contributed by atoms with van der Waals surface area (Å²) < 4.78 is 6.46. The maximum atomic E-state index is 13.6. The van der Waals surface area contributed by atoms with Gasteiger partial charge in [0.2, 0.25) is 0 Å². The summed E-state index contributed by atoms with van der Waals surface area (Å²) in [7, 11) is 0. The summed E-state index contributed by atoms with van der Waals surface area (Å²) in [5, 5.41) is 11.8. The van der Waals surface area contributed by atoms with Gasteiger partial charge in [0.15, 0.2) is 5.13 Å². The number of anilines is 1. The van der Waals surface area contributed by atoms with Gasteiger partial charge in [0.05, 0.1) is 28.4 Å². The molecular formula is C31H30N2O4S. The van der Waals surface area contributed by atoms with Gasteiger partial charge in [-0.15, -0.1) is 0 Å². The van der Waals surface area contributed by atoms with Gasteiger partial charge < -0.3 is 9.84 Å². The molecule has 1 aliphatic rings. The predicted molar refractivity (Wildman–Crippen MR) is 152 cm³/mol. The standard InChI is InChI=1S/C31H30N2O4S/c1-6-37-23-13-11-22(12-14-23)28(34)25-27(21-9-7-20(8-10-21)17(2)3)33(30(36)29(25)35)31-32-26-19(5)15-18(4)16-24(26)38-31/h7-17,27,34H,6H2,1-5H3/b28-25+. The zero-order chi connectivity index (χ0) is 27.1. The van der Waals surface area contributed by atoms with Gasteiger partial charge in [0, 0.05) is 5.56 Å². The van der Waals surface area contributed by atoms with E-state index in [1.807, 2.05) is 57.2 Å². The van der Waals surface area contributed by atoms with Crippen LogP contribution in [-0.2, 0) is 9.59 Å². The number of carbonyl (C=O) groups excluding carboxylic acids is 2. The first-order valence-corrected chi connectivity index (χ1v) is 13.5. The summed E-state index contributed by atoms with van der Waals surface area (Å²) in [6.45, 7) is 10.6. The number of ketones is 1. The van der Waals surface area contributed by atoms with Crippen LogP contribution in [0, 0.1) is 13.8 Å². The molecule has 0 spiro atoms. The largest absolute Gasteiger partial charge is 0.507 e. The molecule has 0 bridgehead atoms. The van der Waals surface area contributed by atoms with Crippen LogP contribution in [0.3, 0.4) is 0 Å². The second-order valence-corrected chi connectivity index (χ2v) is 10.9. The highest BCUT2D eigenvalue weighted by Gasteiger charge is 2.48. The van der Waals surface area contributed by atoms with Crippen molar-refractivity contribution in [2.75, 3.05) is 11.5 Å². The Morgan fingerprint density at radius 2 is 1.74 bits per heavy atom. The van der Waals surface area contributed by atoms with Crippen molar-refractivity contribution >= 4 is 44.1 Å². The van der Waals surface area contributed by atoms with Crippen LogP contribution in [0.1, 0.15) is 60.5 Å². The average Bonchev–Trinajstić information content (AvgIpc) is 3.43. The number of aliphatic hydroxyl groups excluding tert-OH is 1. The fourth-order valence-corrected chi connectivity index (χ4v) is 6.07. The highest BCUT2D eigenvalue weighted by atomic mass is 32.1. The molecule has 1 atom stereocenters. The molecule has 1 unspecified atom stereocenters. The molecule has 0 aliphatic carbocycles. The Labute approximate surface area is 226 Å². The van der Waals surface area contributed by atoms with Crippen molar-refractivity contribution in [1.82, 2.24) is 4.98 Å². The van der Waals surface area contributed by atoms with E-state index in [-0.39, 0.29) is 11.3 Å². The number of benzene rings is 3. The number of aryl methyl sites for hydroxylation is 2. The average molecular weight is 527 g/mol. The van der Waals surface area contributed by atoms with Crippen LogP contribution < -0.4 is 9.64 Å². The molecule has 38 heavy (non-hydrogen) atoms. The molecule has 3 aromatic carbocycles. The number of nitrogens with zero attached hydrogens (tertiary/aromatic N) is 2. The van der Waals surface area contributed by atoms with Crippen LogP contribution in [0.25, 0.3) is 16.0 Å². The van der Waals surface area contributed by atoms with Gasteiger partial charge in [-0.25, -0.2) is 4.98 Å². The van der Waals surface area contributed by atoms with Gasteiger partial charge in [0.1, 0.15) is 11.5 Å². The Hall–Kier alpha value is -3.97. The molecule has 1 fully saturated rings. The summed E-state index contributed by atoms with van der Waals surface area (Å²) in [5.74, 6) is -0.675. The van der Waals surface area contributed by atoms with E-state index in [2.05, 4.69) is 13.8 Å². The van der Waals surface area contributed by atoms with Crippen molar-refractivity contribution < 1.29 is 19.4 Å². The van der Waals surface area contributed by atoms with E-state index in [0.29, 0.717) is 29.0 Å². The van der Waals surface area contributed by atoms with E-state index in [0.717, 1.165) is 32.5 Å². The van der Waals surface area contributed by atoms with E-state index >= 15 is 0 Å². The maximum absolute atomic E-state index is 13.6. The summed E-state index contributed by atoms with van der Waals surface area (Å²) in [6.07, 6.45) is 0. The third-order valence-corrected chi connectivity index (χ3v) is 7.83. The minimum absolute atomic E-state index is 0.0450. The summed E-state index contributed by atoms with van der Waals surface area (Å²) in [5.41, 5.74) is 5.26. The van der Waals surface area contributed by atoms with Crippen LogP contribution in [0.15, 0.2) is 66.2 Å². The fourth-order valence-electron chi connectivity index (χ4n) is 4.90. The summed E-state index contributed by atoms with van der Waals surface area (Å²) in [4.78, 5) is 33.3. The second-order valence-electron chi connectivity index (χ2n) is 9.87. The molecular weight excluding hydrogens is 496 g/mol. The highest BCUT2D eigenvalue weighted by Crippen LogP contribution is 2.45. The zero-order valence-electron chi connectivity index (χ0n) is 22.1. The first-order chi connectivity index (χ1) is 18.2. The van der Waals surface area contributed by atoms with Crippen molar-refractivity contribution in [2.45, 2.75) is 46.6 Å². The van der Waals surface area contributed by atoms with E-state index in [1.54, 1.807) is 24.3 Å². The highest BCUT2D eigenvalue weighted by molar-refractivity contribution is 7.22. The second kappa shape index (κ2) is 10.1. The van der Waals surface area contributed by atoms with Crippen molar-refractivity contribution in [3.63, 3.8) is 0 Å². The Balaban J connectivity index is 1.69. The van der Waals surface area contributed by atoms with Crippen molar-refractivity contribution in [1.29, 1.82) is 0 Å². The molecule has 5 rings (SSSR count). The normalized spacial score (nSPS) is 17.1. The lowest BCUT2D eigenvalue weighted by atomic mass is 9.93. The van der Waals surface area contributed by atoms with Gasteiger partial charge in [-0.1, -0.05) is 55.5 Å². The van der Waals surface area contributed by atoms with Crippen molar-refractivity contribution in [2.24, 2.45) is 0 Å². The summed E-state index contributed by atoms with van der Waals surface area (Å²) in [6, 6.07) is 18.0. The quantitative estimate of drug-likeness (QED) is 0.165. The number of ether oxygens (including phenoxy) is 1. The lowest BCUT2D eigenvalue weighted by molar-refractivity contribution is -0.132. The smallest absolute Gasteiger partial charge is 0.301 e. The Bertz CT molecular complexity index is 1570. The number of aliphatic hydroxyl groups is 1. The molecule has 0 radical (unpaired) electrons. The topological polar surface area (TPSA) is 79.7 Å². The van der Waals surface area contributed by atoms with Crippen LogP contribution in [0.5, 0.6) is 5.75 Å². The number of rotatable bonds is 6. The molecule has 6 nitrogen and oxygen atoms in total. The summed E-state index contributed by atoms with van der Waals surface area (Å²) >= 11 is 1.37. The molecule has 1 amide bonds. The lowest BCUT2D eigenvalue weighted by Crippen LogP contribution is -2.29. The van der Waals surface area contributed by atoms with Crippen LogP contribution in [0.4, 0.5) is 5.13 Å². The maximum Gasteiger partial charge on any atom is 0.301 e. The first kappa shape index (κ1) is 25.7. The molecule has 194 valence electrons. The van der Waals surface area contributed by atoms with Crippen LogP contribution >= 0.6 is 11.3 Å². The van der Waals surface area contributed by atoms with Gasteiger partial charge in [0.25, 0.3) is 5.78 Å². The zero-order valence-corrected chi connectivity index (χ0v) is 22.9. The number of carbonyl (C=O) groups is 2. The van der Waals surface area contributed by atoms with E-state index < -0.39 is 17.7 Å². The number of fused-ring (bicyclic) bond motifs is 1. The third-order valence-electron chi connectivity index (χ3n) is 6.83. The third kappa shape index (κ3) is 4.47. The molecule has 1 aliphatic heterocycles. The molecule has 7 heteroatoms. The molecule has 4 aromatic rings. The van der Waals surface area contributed by atoms with Crippen molar-refractivity contribution in [3.05, 3.63) is 94.1 Å². The monoisotopic (exact) mass is 526 g/mol. The number of amides is 1. The Kier molecular flexibility index (Phi) is 6.80. The number of hydrogen-bond donors (Lipinski definition) is 1. The Morgan fingerprint density at radius 1 is 1.05 bits per heavy atom. The molecule has 2 heterocycles. The van der Waals surface area contributed by atoms with Gasteiger partial charge >= 0.3 is 5.91 Å². The SMILES string of the molecule is CCOc1ccc(/C(O)=C2\C(=O)C(=O)N(c3nc4c(C)cc(C)cc4s3)C2c2ccc(C(C)C)cc2)cc1. The molecule has 0 saturated carbocycles. The van der Waals surface area contributed by atoms with E-state index in [4.69, 9.17) is 9.72 Å². The number of thiazole rings is 1. The molecule has 1 aromatic heterocycles. The molecule has 1 saturated heterocycles. The van der Waals surface area contributed by atoms with E-state index in [1.165, 1.54) is 16.2 Å². The minimum atomic E-state index is -0.815. The fraction of sp³-hybridized carbons (Fsp3) is 0.258. The van der Waals surface area contributed by atoms with Gasteiger partial charge in [-0.05, 0) is 79.3 Å². The lowest BCUT2D eigenvalue weighted by Gasteiger charge is -2.23. The van der Waals surface area contributed by atoms with Crippen LogP contribution in [0.2, 0.25) is 0 Å². The number of Topliss-reactive ketones (excluding diaryl/α,β-unsaturated/α-hetero) is 1. The van der Waals surface area contributed by atoms with Crippen LogP contribution in [-0.4, -0.2) is 28.4 Å². The molecule has 1 N–H and O–H groups in total. The Morgan fingerprint density at radius 3 is 2.37 bits per heavy atom. The van der Waals surface area contributed by atoms with Gasteiger partial charge in [-0.2, -0.15) is 0 Å². The van der Waals surface area contributed by atoms with Crippen molar-refractivity contribution in [3.8, 4) is 5.75 Å². The number of aromatic nitrogens is 1. The van der Waals surface area contributed by atoms with Gasteiger partial charge in [-0.3, -0.25) is 14.5 Å². The minimum Gasteiger partial charge on any atom is -0.507 e.